The van der Waals surface area contributed by atoms with Gasteiger partial charge in [0.05, 0.1) is 10.6 Å². The van der Waals surface area contributed by atoms with Crippen LogP contribution in [-0.4, -0.2) is 25.1 Å². The molecule has 0 aliphatic rings. The summed E-state index contributed by atoms with van der Waals surface area (Å²) in [5, 5.41) is 19.1. The molecule has 16 heavy (non-hydrogen) atoms. The summed E-state index contributed by atoms with van der Waals surface area (Å²) in [4.78, 5) is 20.7. The van der Waals surface area contributed by atoms with E-state index in [4.69, 9.17) is 0 Å². The third kappa shape index (κ3) is 1.54. The summed E-state index contributed by atoms with van der Waals surface area (Å²) in [6.45, 7) is 0. The summed E-state index contributed by atoms with van der Waals surface area (Å²) in [5.41, 5.74) is -1.33. The molecule has 0 atom stereocenters. The molecule has 0 saturated carbocycles. The predicted molar refractivity (Wildman–Crippen MR) is 48.6 cm³/mol. The van der Waals surface area contributed by atoms with Crippen LogP contribution >= 0.6 is 0 Å². The van der Waals surface area contributed by atoms with Gasteiger partial charge in [0, 0.05) is 6.07 Å². The highest BCUT2D eigenvalue weighted by atomic mass is 19.1. The summed E-state index contributed by atoms with van der Waals surface area (Å²) in [7, 11) is 0. The van der Waals surface area contributed by atoms with E-state index in [-0.39, 0.29) is 5.69 Å². The Bertz CT molecular complexity index is 604. The Kier molecular flexibility index (Phi) is 2.20. The van der Waals surface area contributed by atoms with E-state index in [0.717, 1.165) is 16.8 Å². The van der Waals surface area contributed by atoms with Crippen molar-refractivity contribution in [1.82, 2.24) is 20.2 Å². The van der Waals surface area contributed by atoms with Crippen LogP contribution in [0.3, 0.4) is 0 Å². The summed E-state index contributed by atoms with van der Waals surface area (Å²) in [6, 6.07) is 2.97. The van der Waals surface area contributed by atoms with Crippen molar-refractivity contribution in [2.24, 2.45) is 0 Å². The first kappa shape index (κ1) is 9.96. The average Bonchev–Trinajstić information content (AvgIpc) is 2.65. The second-order valence-corrected chi connectivity index (χ2v) is 2.81. The molecule has 1 heterocycles. The number of halogens is 1. The topological polar surface area (TPSA) is 107 Å². The molecule has 0 bridgehead atoms. The minimum Gasteiger partial charge on any atom is -0.258 e. The highest BCUT2D eigenvalue weighted by Gasteiger charge is 2.16. The van der Waals surface area contributed by atoms with E-state index in [1.54, 1.807) is 0 Å². The lowest BCUT2D eigenvalue weighted by Crippen LogP contribution is -2.16. The van der Waals surface area contributed by atoms with Gasteiger partial charge in [0.25, 0.3) is 0 Å². The number of hydrogen-bond acceptors (Lipinski definition) is 5. The van der Waals surface area contributed by atoms with Gasteiger partial charge in [0.1, 0.15) is 0 Å². The van der Waals surface area contributed by atoms with Gasteiger partial charge in [0.15, 0.2) is 0 Å². The zero-order valence-electron chi connectivity index (χ0n) is 7.62. The van der Waals surface area contributed by atoms with Crippen LogP contribution in [0.4, 0.5) is 10.1 Å². The quantitative estimate of drug-likeness (QED) is 0.571. The SMILES string of the molecule is O=c1[nH]nnn1-c1ccc(F)c([N+](=O)[O-])c1. The lowest BCUT2D eigenvalue weighted by molar-refractivity contribution is -0.387. The molecule has 0 amide bonds. The van der Waals surface area contributed by atoms with Crippen LogP contribution in [0.1, 0.15) is 0 Å². The second kappa shape index (κ2) is 3.53. The van der Waals surface area contributed by atoms with E-state index in [9.17, 15) is 19.3 Å². The molecule has 0 saturated heterocycles. The summed E-state index contributed by atoms with van der Waals surface area (Å²) in [6.07, 6.45) is 0. The number of rotatable bonds is 2. The lowest BCUT2D eigenvalue weighted by atomic mass is 10.2. The Morgan fingerprint density at radius 2 is 2.25 bits per heavy atom. The molecule has 2 aromatic rings. The molecule has 2 rings (SSSR count). The Labute approximate surface area is 86.5 Å². The molecule has 0 unspecified atom stereocenters. The maximum Gasteiger partial charge on any atom is 0.365 e. The van der Waals surface area contributed by atoms with E-state index < -0.39 is 22.1 Å². The van der Waals surface area contributed by atoms with Crippen molar-refractivity contribution >= 4 is 5.69 Å². The smallest absolute Gasteiger partial charge is 0.258 e. The number of aromatic nitrogens is 4. The maximum absolute atomic E-state index is 13.0. The van der Waals surface area contributed by atoms with Gasteiger partial charge in [-0.05, 0) is 22.6 Å². The summed E-state index contributed by atoms with van der Waals surface area (Å²) < 4.78 is 13.8. The van der Waals surface area contributed by atoms with Gasteiger partial charge in [-0.3, -0.25) is 10.1 Å². The van der Waals surface area contributed by atoms with Crippen molar-refractivity contribution in [1.29, 1.82) is 0 Å². The van der Waals surface area contributed by atoms with Crippen molar-refractivity contribution < 1.29 is 9.31 Å². The van der Waals surface area contributed by atoms with Gasteiger partial charge in [0.2, 0.25) is 5.82 Å². The van der Waals surface area contributed by atoms with Crippen LogP contribution in [0.15, 0.2) is 23.0 Å². The number of nitrogens with one attached hydrogen (secondary N) is 1. The fourth-order valence-corrected chi connectivity index (χ4v) is 1.14. The molecular formula is C7H4FN5O3. The van der Waals surface area contributed by atoms with Crippen LogP contribution in [0, 0.1) is 15.9 Å². The lowest BCUT2D eigenvalue weighted by Gasteiger charge is -1.98. The Morgan fingerprint density at radius 3 is 2.81 bits per heavy atom. The molecule has 0 radical (unpaired) electrons. The molecule has 8 nitrogen and oxygen atoms in total. The first-order valence-corrected chi connectivity index (χ1v) is 4.04. The summed E-state index contributed by atoms with van der Waals surface area (Å²) >= 11 is 0. The van der Waals surface area contributed by atoms with Crippen molar-refractivity contribution in [2.75, 3.05) is 0 Å². The van der Waals surface area contributed by atoms with Gasteiger partial charge in [-0.2, -0.15) is 9.07 Å². The van der Waals surface area contributed by atoms with Crippen LogP contribution in [0.5, 0.6) is 0 Å². The molecule has 0 aliphatic heterocycles. The second-order valence-electron chi connectivity index (χ2n) is 2.81. The number of nitrogens with zero attached hydrogens (tertiary/aromatic N) is 4. The van der Waals surface area contributed by atoms with Gasteiger partial charge < -0.3 is 0 Å². The number of tetrazole rings is 1. The standard InChI is InChI=1S/C7H4FN5O3/c8-5-2-1-4(3-6(5)13(15)16)12-7(14)9-10-11-12/h1-3H,(H,9,11,14). The Balaban J connectivity index is 2.61. The number of benzene rings is 1. The minimum atomic E-state index is -0.981. The maximum atomic E-state index is 13.0. The number of nitro groups is 1. The zero-order chi connectivity index (χ0) is 11.7. The molecule has 0 fully saturated rings. The predicted octanol–water partition coefficient (Wildman–Crippen LogP) is 0.00290. The van der Waals surface area contributed by atoms with Crippen LogP contribution < -0.4 is 5.69 Å². The van der Waals surface area contributed by atoms with Crippen molar-refractivity contribution in [2.45, 2.75) is 0 Å². The van der Waals surface area contributed by atoms with Crippen molar-refractivity contribution in [3.63, 3.8) is 0 Å². The Hall–Kier alpha value is -2.58. The van der Waals surface area contributed by atoms with Gasteiger partial charge in [-0.1, -0.05) is 0 Å². The van der Waals surface area contributed by atoms with E-state index in [1.165, 1.54) is 6.07 Å². The highest BCUT2D eigenvalue weighted by molar-refractivity contribution is 5.43. The normalized spacial score (nSPS) is 10.3. The molecule has 9 heteroatoms. The van der Waals surface area contributed by atoms with E-state index in [0.29, 0.717) is 0 Å². The van der Waals surface area contributed by atoms with E-state index in [2.05, 4.69) is 10.4 Å². The molecule has 1 aromatic heterocycles. The van der Waals surface area contributed by atoms with Gasteiger partial charge >= 0.3 is 11.4 Å². The number of hydrogen-bond donors (Lipinski definition) is 1. The first-order chi connectivity index (χ1) is 7.59. The highest BCUT2D eigenvalue weighted by Crippen LogP contribution is 2.19. The van der Waals surface area contributed by atoms with Crippen LogP contribution in [0.2, 0.25) is 0 Å². The number of H-pyrrole nitrogens is 1. The first-order valence-electron chi connectivity index (χ1n) is 4.04. The zero-order valence-corrected chi connectivity index (χ0v) is 7.62. The number of nitro benzene ring substituents is 1. The average molecular weight is 225 g/mol. The molecule has 1 aromatic carbocycles. The fraction of sp³-hybridized carbons (Fsp3) is 0. The van der Waals surface area contributed by atoms with Crippen molar-refractivity contribution in [3.05, 3.63) is 44.6 Å². The summed E-state index contributed by atoms with van der Waals surface area (Å²) in [5.74, 6) is -0.981. The molecule has 0 aliphatic carbocycles. The van der Waals surface area contributed by atoms with E-state index in [1.807, 2.05) is 5.10 Å². The van der Waals surface area contributed by atoms with Gasteiger partial charge in [-0.15, -0.1) is 0 Å². The molecule has 82 valence electrons. The molecule has 0 spiro atoms. The third-order valence-electron chi connectivity index (χ3n) is 1.84. The molecule has 1 N–H and O–H groups in total. The number of aromatic amines is 1. The molecular weight excluding hydrogens is 221 g/mol. The van der Waals surface area contributed by atoms with Crippen LogP contribution in [0.25, 0.3) is 5.69 Å². The largest absolute Gasteiger partial charge is 0.365 e. The Morgan fingerprint density at radius 1 is 1.50 bits per heavy atom. The van der Waals surface area contributed by atoms with Crippen LogP contribution in [-0.2, 0) is 0 Å². The minimum absolute atomic E-state index is 0.0619. The van der Waals surface area contributed by atoms with Gasteiger partial charge in [-0.25, -0.2) is 9.89 Å². The third-order valence-corrected chi connectivity index (χ3v) is 1.84. The van der Waals surface area contributed by atoms with Crippen molar-refractivity contribution in [3.8, 4) is 5.69 Å². The fourth-order valence-electron chi connectivity index (χ4n) is 1.14. The van der Waals surface area contributed by atoms with E-state index >= 15 is 0 Å². The monoisotopic (exact) mass is 225 g/mol.